The summed E-state index contributed by atoms with van der Waals surface area (Å²) in [5.41, 5.74) is 0.169. The molecule has 0 saturated heterocycles. The molecule has 1 aromatic heterocycles. The molecule has 0 radical (unpaired) electrons. The van der Waals surface area contributed by atoms with Crippen molar-refractivity contribution in [2.45, 2.75) is 12.8 Å². The highest BCUT2D eigenvalue weighted by Gasteiger charge is 2.11. The quantitative estimate of drug-likeness (QED) is 0.747. The monoisotopic (exact) mass is 198 g/mol. The SMILES string of the molecule is COc1cc(C(F)F)cnc1CC#N. The summed E-state index contributed by atoms with van der Waals surface area (Å²) < 4.78 is 29.3. The Bertz CT molecular complexity index is 360. The maximum absolute atomic E-state index is 12.2. The highest BCUT2D eigenvalue weighted by molar-refractivity contribution is 5.33. The molecule has 0 aromatic carbocycles. The highest BCUT2D eigenvalue weighted by Crippen LogP contribution is 2.24. The first-order chi connectivity index (χ1) is 6.69. The van der Waals surface area contributed by atoms with Crippen molar-refractivity contribution in [3.8, 4) is 11.8 Å². The van der Waals surface area contributed by atoms with E-state index < -0.39 is 6.43 Å². The maximum atomic E-state index is 12.2. The van der Waals surface area contributed by atoms with Crippen LogP contribution in [0.2, 0.25) is 0 Å². The molecule has 0 saturated carbocycles. The van der Waals surface area contributed by atoms with Crippen LogP contribution >= 0.6 is 0 Å². The average Bonchev–Trinajstić information content (AvgIpc) is 2.18. The molecule has 1 heterocycles. The van der Waals surface area contributed by atoms with Crippen molar-refractivity contribution in [3.63, 3.8) is 0 Å². The number of alkyl halides is 2. The highest BCUT2D eigenvalue weighted by atomic mass is 19.3. The molecule has 0 N–H and O–H groups in total. The fourth-order valence-corrected chi connectivity index (χ4v) is 0.992. The molecule has 1 aromatic rings. The van der Waals surface area contributed by atoms with Crippen molar-refractivity contribution in [2.75, 3.05) is 7.11 Å². The molecule has 0 atom stereocenters. The number of methoxy groups -OCH3 is 1. The molecule has 0 aliphatic heterocycles. The Morgan fingerprint density at radius 3 is 2.86 bits per heavy atom. The lowest BCUT2D eigenvalue weighted by Gasteiger charge is -2.06. The Labute approximate surface area is 79.9 Å². The minimum Gasteiger partial charge on any atom is -0.495 e. The third kappa shape index (κ3) is 2.16. The van der Waals surface area contributed by atoms with E-state index in [-0.39, 0.29) is 17.7 Å². The van der Waals surface area contributed by atoms with Crippen LogP contribution in [0.25, 0.3) is 0 Å². The first-order valence-electron chi connectivity index (χ1n) is 3.87. The predicted octanol–water partition coefficient (Wildman–Crippen LogP) is 2.09. The molecular formula is C9H8F2N2O. The van der Waals surface area contributed by atoms with Gasteiger partial charge in [-0.2, -0.15) is 5.26 Å². The standard InChI is InChI=1S/C9H8F2N2O/c1-14-8-4-6(9(10)11)5-13-7(8)2-3-12/h4-5,9H,2H2,1H3. The first kappa shape index (κ1) is 10.4. The van der Waals surface area contributed by atoms with Gasteiger partial charge in [0.1, 0.15) is 5.75 Å². The Hall–Kier alpha value is -1.70. The summed E-state index contributed by atoms with van der Waals surface area (Å²) in [6.07, 6.45) is -1.47. The Kier molecular flexibility index (Phi) is 3.35. The lowest BCUT2D eigenvalue weighted by Crippen LogP contribution is -1.97. The third-order valence-corrected chi connectivity index (χ3v) is 1.67. The Balaban J connectivity index is 3.06. The van der Waals surface area contributed by atoms with Crippen LogP contribution < -0.4 is 4.74 Å². The van der Waals surface area contributed by atoms with E-state index in [1.54, 1.807) is 0 Å². The van der Waals surface area contributed by atoms with Gasteiger partial charge < -0.3 is 4.74 Å². The van der Waals surface area contributed by atoms with E-state index in [9.17, 15) is 8.78 Å². The zero-order valence-electron chi connectivity index (χ0n) is 7.50. The van der Waals surface area contributed by atoms with Crippen molar-refractivity contribution in [3.05, 3.63) is 23.5 Å². The van der Waals surface area contributed by atoms with Crippen LogP contribution in [0.5, 0.6) is 5.75 Å². The van der Waals surface area contributed by atoms with Gasteiger partial charge in [-0.25, -0.2) is 8.78 Å². The number of hydrogen-bond donors (Lipinski definition) is 0. The summed E-state index contributed by atoms with van der Waals surface area (Å²) >= 11 is 0. The first-order valence-corrected chi connectivity index (χ1v) is 3.87. The van der Waals surface area contributed by atoms with Gasteiger partial charge in [-0.3, -0.25) is 4.98 Å². The smallest absolute Gasteiger partial charge is 0.265 e. The van der Waals surface area contributed by atoms with Gasteiger partial charge in [-0.05, 0) is 6.07 Å². The van der Waals surface area contributed by atoms with E-state index in [0.717, 1.165) is 6.20 Å². The number of pyridine rings is 1. The summed E-state index contributed by atoms with van der Waals surface area (Å²) in [5, 5.41) is 8.42. The summed E-state index contributed by atoms with van der Waals surface area (Å²) in [5.74, 6) is 0.226. The van der Waals surface area contributed by atoms with Crippen LogP contribution in [0.3, 0.4) is 0 Å². The van der Waals surface area contributed by atoms with Crippen molar-refractivity contribution in [2.24, 2.45) is 0 Å². The molecule has 0 amide bonds. The lowest BCUT2D eigenvalue weighted by atomic mass is 10.2. The second kappa shape index (κ2) is 4.51. The molecular weight excluding hydrogens is 190 g/mol. The van der Waals surface area contributed by atoms with Gasteiger partial charge >= 0.3 is 0 Å². The topological polar surface area (TPSA) is 45.9 Å². The zero-order chi connectivity index (χ0) is 10.6. The predicted molar refractivity (Wildman–Crippen MR) is 45.1 cm³/mol. The number of hydrogen-bond acceptors (Lipinski definition) is 3. The van der Waals surface area contributed by atoms with E-state index in [2.05, 4.69) is 4.98 Å². The van der Waals surface area contributed by atoms with Gasteiger partial charge in [0.2, 0.25) is 0 Å². The van der Waals surface area contributed by atoms with Crippen LogP contribution in [-0.2, 0) is 6.42 Å². The zero-order valence-corrected chi connectivity index (χ0v) is 7.50. The van der Waals surface area contributed by atoms with Crippen molar-refractivity contribution in [1.29, 1.82) is 5.26 Å². The number of nitriles is 1. The Morgan fingerprint density at radius 1 is 1.64 bits per heavy atom. The molecule has 74 valence electrons. The summed E-state index contributed by atoms with van der Waals surface area (Å²) in [7, 11) is 1.35. The molecule has 0 aliphatic rings. The van der Waals surface area contributed by atoms with E-state index in [0.29, 0.717) is 5.69 Å². The van der Waals surface area contributed by atoms with Gasteiger partial charge in [0.05, 0.1) is 25.3 Å². The van der Waals surface area contributed by atoms with Gasteiger partial charge in [0.15, 0.2) is 0 Å². The minimum atomic E-state index is -2.58. The van der Waals surface area contributed by atoms with Crippen molar-refractivity contribution >= 4 is 0 Å². The van der Waals surface area contributed by atoms with Crippen molar-refractivity contribution in [1.82, 2.24) is 4.98 Å². The maximum Gasteiger partial charge on any atom is 0.265 e. The minimum absolute atomic E-state index is 0.0483. The fraction of sp³-hybridized carbons (Fsp3) is 0.333. The molecule has 1 rings (SSSR count). The number of aromatic nitrogens is 1. The second-order valence-electron chi connectivity index (χ2n) is 2.55. The summed E-state index contributed by atoms with van der Waals surface area (Å²) in [6, 6.07) is 3.08. The fourth-order valence-electron chi connectivity index (χ4n) is 0.992. The summed E-state index contributed by atoms with van der Waals surface area (Å²) in [6.45, 7) is 0. The third-order valence-electron chi connectivity index (χ3n) is 1.67. The van der Waals surface area contributed by atoms with Crippen LogP contribution in [-0.4, -0.2) is 12.1 Å². The molecule has 0 unspecified atom stereocenters. The van der Waals surface area contributed by atoms with Gasteiger partial charge in [-0.15, -0.1) is 0 Å². The van der Waals surface area contributed by atoms with Gasteiger partial charge in [0.25, 0.3) is 6.43 Å². The van der Waals surface area contributed by atoms with Crippen LogP contribution in [0.1, 0.15) is 17.7 Å². The lowest BCUT2D eigenvalue weighted by molar-refractivity contribution is 0.150. The molecule has 0 fully saturated rings. The molecule has 0 bridgehead atoms. The van der Waals surface area contributed by atoms with E-state index in [1.165, 1.54) is 13.2 Å². The number of rotatable bonds is 3. The van der Waals surface area contributed by atoms with E-state index in [1.807, 2.05) is 6.07 Å². The molecule has 5 heteroatoms. The second-order valence-corrected chi connectivity index (χ2v) is 2.55. The molecule has 0 spiro atoms. The van der Waals surface area contributed by atoms with Crippen LogP contribution in [0, 0.1) is 11.3 Å². The molecule has 3 nitrogen and oxygen atoms in total. The van der Waals surface area contributed by atoms with E-state index in [4.69, 9.17) is 10.00 Å². The average molecular weight is 198 g/mol. The Morgan fingerprint density at radius 2 is 2.36 bits per heavy atom. The normalized spacial score (nSPS) is 9.93. The van der Waals surface area contributed by atoms with Crippen LogP contribution in [0.4, 0.5) is 8.78 Å². The summed E-state index contributed by atoms with van der Waals surface area (Å²) in [4.78, 5) is 3.73. The number of nitrogens with zero attached hydrogens (tertiary/aromatic N) is 2. The van der Waals surface area contributed by atoms with Gasteiger partial charge in [-0.1, -0.05) is 0 Å². The number of ether oxygens (including phenoxy) is 1. The number of halogens is 2. The van der Waals surface area contributed by atoms with Crippen molar-refractivity contribution < 1.29 is 13.5 Å². The van der Waals surface area contributed by atoms with Gasteiger partial charge in [0, 0.05) is 11.8 Å². The largest absolute Gasteiger partial charge is 0.495 e. The molecule has 14 heavy (non-hydrogen) atoms. The molecule has 0 aliphatic carbocycles. The van der Waals surface area contributed by atoms with Crippen LogP contribution in [0.15, 0.2) is 12.3 Å². The van der Waals surface area contributed by atoms with E-state index >= 15 is 0 Å².